The first kappa shape index (κ1) is 24.6. The standard InChI is InChI=1S/C30H33FN2O2/c31-27-13-7-12-25(22-27)16-19-32-29(35)30(23-26-10-5-2-6-11-26)17-20-33(21-18-30)28(34)15-14-24-8-3-1-4-9-24/h1-13,22H,14-21,23H2,(H,32,35). The Labute approximate surface area is 207 Å². The number of piperidine rings is 1. The van der Waals surface area contributed by atoms with E-state index in [-0.39, 0.29) is 17.6 Å². The summed E-state index contributed by atoms with van der Waals surface area (Å²) in [4.78, 5) is 28.3. The zero-order valence-electron chi connectivity index (χ0n) is 20.1. The van der Waals surface area contributed by atoms with Gasteiger partial charge in [-0.1, -0.05) is 72.8 Å². The number of nitrogens with one attached hydrogen (secondary N) is 1. The molecule has 1 aliphatic rings. The summed E-state index contributed by atoms with van der Waals surface area (Å²) in [6.07, 6.45) is 3.69. The van der Waals surface area contributed by atoms with Gasteiger partial charge in [0.05, 0.1) is 5.41 Å². The van der Waals surface area contributed by atoms with Crippen LogP contribution < -0.4 is 5.32 Å². The highest BCUT2D eigenvalue weighted by Gasteiger charge is 2.42. The van der Waals surface area contributed by atoms with Crippen LogP contribution in [0.3, 0.4) is 0 Å². The third-order valence-corrected chi connectivity index (χ3v) is 7.00. The van der Waals surface area contributed by atoms with Crippen molar-refractivity contribution >= 4 is 11.8 Å². The number of likely N-dealkylation sites (tertiary alicyclic amines) is 1. The topological polar surface area (TPSA) is 49.4 Å². The van der Waals surface area contributed by atoms with Crippen LogP contribution in [0.2, 0.25) is 0 Å². The van der Waals surface area contributed by atoms with Crippen molar-refractivity contribution in [2.75, 3.05) is 19.6 Å². The van der Waals surface area contributed by atoms with Gasteiger partial charge in [0, 0.05) is 26.1 Å². The number of carbonyl (C=O) groups is 2. The molecule has 2 amide bonds. The molecule has 1 saturated heterocycles. The second-order valence-electron chi connectivity index (χ2n) is 9.44. The molecule has 1 heterocycles. The maximum absolute atomic E-state index is 13.5. The molecule has 3 aromatic carbocycles. The van der Waals surface area contributed by atoms with Crippen LogP contribution in [0.1, 0.15) is 36.0 Å². The molecular weight excluding hydrogens is 439 g/mol. The van der Waals surface area contributed by atoms with Gasteiger partial charge in [0.1, 0.15) is 5.82 Å². The summed E-state index contributed by atoms with van der Waals surface area (Å²) in [5.74, 6) is -0.0958. The van der Waals surface area contributed by atoms with E-state index in [0.29, 0.717) is 51.7 Å². The quantitative estimate of drug-likeness (QED) is 0.478. The van der Waals surface area contributed by atoms with Crippen molar-refractivity contribution in [1.29, 1.82) is 0 Å². The summed E-state index contributed by atoms with van der Waals surface area (Å²) < 4.78 is 13.5. The molecule has 3 aromatic rings. The number of rotatable bonds is 9. The zero-order chi connectivity index (χ0) is 24.5. The van der Waals surface area contributed by atoms with E-state index in [1.54, 1.807) is 6.07 Å². The highest BCUT2D eigenvalue weighted by atomic mass is 19.1. The minimum Gasteiger partial charge on any atom is -0.355 e. The van der Waals surface area contributed by atoms with Gasteiger partial charge >= 0.3 is 0 Å². The van der Waals surface area contributed by atoms with Gasteiger partial charge in [0.25, 0.3) is 0 Å². The van der Waals surface area contributed by atoms with Crippen molar-refractivity contribution in [2.45, 2.75) is 38.5 Å². The van der Waals surface area contributed by atoms with Crippen molar-refractivity contribution in [1.82, 2.24) is 10.2 Å². The summed E-state index contributed by atoms with van der Waals surface area (Å²) in [6, 6.07) is 26.6. The number of benzene rings is 3. The monoisotopic (exact) mass is 472 g/mol. The van der Waals surface area contributed by atoms with Crippen molar-refractivity contribution in [3.05, 3.63) is 107 Å². The summed E-state index contributed by atoms with van der Waals surface area (Å²) in [6.45, 7) is 1.62. The molecule has 4 nitrogen and oxygen atoms in total. The summed E-state index contributed by atoms with van der Waals surface area (Å²) in [5, 5.41) is 3.11. The van der Waals surface area contributed by atoms with Crippen LogP contribution in [0.15, 0.2) is 84.9 Å². The molecule has 0 aliphatic carbocycles. The van der Waals surface area contributed by atoms with Crippen molar-refractivity contribution in [2.24, 2.45) is 5.41 Å². The number of halogens is 1. The minimum absolute atomic E-state index is 0.0224. The van der Waals surface area contributed by atoms with E-state index >= 15 is 0 Å². The van der Waals surface area contributed by atoms with Crippen LogP contribution in [-0.4, -0.2) is 36.3 Å². The van der Waals surface area contributed by atoms with Gasteiger partial charge in [-0.2, -0.15) is 0 Å². The summed E-state index contributed by atoms with van der Waals surface area (Å²) >= 11 is 0. The second kappa shape index (κ2) is 11.8. The van der Waals surface area contributed by atoms with Crippen molar-refractivity contribution < 1.29 is 14.0 Å². The van der Waals surface area contributed by atoms with E-state index in [9.17, 15) is 14.0 Å². The molecule has 35 heavy (non-hydrogen) atoms. The zero-order valence-corrected chi connectivity index (χ0v) is 20.1. The van der Waals surface area contributed by atoms with Crippen LogP contribution in [0.25, 0.3) is 0 Å². The van der Waals surface area contributed by atoms with Gasteiger partial charge in [0.15, 0.2) is 0 Å². The molecular formula is C30H33FN2O2. The van der Waals surface area contributed by atoms with Crippen LogP contribution in [-0.2, 0) is 28.9 Å². The molecule has 0 unspecified atom stereocenters. The lowest BCUT2D eigenvalue weighted by Gasteiger charge is -2.41. The highest BCUT2D eigenvalue weighted by molar-refractivity contribution is 5.84. The Balaban J connectivity index is 1.37. The molecule has 1 N–H and O–H groups in total. The van der Waals surface area contributed by atoms with Gasteiger partial charge in [-0.25, -0.2) is 4.39 Å². The molecule has 1 aliphatic heterocycles. The molecule has 0 spiro atoms. The maximum Gasteiger partial charge on any atom is 0.226 e. The van der Waals surface area contributed by atoms with Crippen LogP contribution >= 0.6 is 0 Å². The molecule has 0 saturated carbocycles. The fourth-order valence-electron chi connectivity index (χ4n) is 4.91. The SMILES string of the molecule is O=C(CCc1ccccc1)N1CCC(Cc2ccccc2)(C(=O)NCCc2cccc(F)c2)CC1. The predicted octanol–water partition coefficient (Wildman–Crippen LogP) is 4.97. The third-order valence-electron chi connectivity index (χ3n) is 7.00. The Morgan fingerprint density at radius 2 is 1.43 bits per heavy atom. The first-order valence-corrected chi connectivity index (χ1v) is 12.4. The Hall–Kier alpha value is -3.47. The number of carbonyl (C=O) groups excluding carboxylic acids is 2. The molecule has 0 radical (unpaired) electrons. The lowest BCUT2D eigenvalue weighted by atomic mass is 9.72. The van der Waals surface area contributed by atoms with E-state index in [2.05, 4.69) is 17.4 Å². The molecule has 0 bridgehead atoms. The fourth-order valence-corrected chi connectivity index (χ4v) is 4.91. The Kier molecular flexibility index (Phi) is 8.30. The minimum atomic E-state index is -0.556. The van der Waals surface area contributed by atoms with E-state index in [4.69, 9.17) is 0 Å². The third kappa shape index (κ3) is 6.78. The molecule has 182 valence electrons. The van der Waals surface area contributed by atoms with Gasteiger partial charge in [-0.3, -0.25) is 9.59 Å². The number of hydrogen-bond acceptors (Lipinski definition) is 2. The smallest absolute Gasteiger partial charge is 0.226 e. The molecule has 1 fully saturated rings. The predicted molar refractivity (Wildman–Crippen MR) is 136 cm³/mol. The lowest BCUT2D eigenvalue weighted by molar-refractivity contribution is -0.140. The largest absolute Gasteiger partial charge is 0.355 e. The van der Waals surface area contributed by atoms with Gasteiger partial charge in [-0.15, -0.1) is 0 Å². The maximum atomic E-state index is 13.5. The van der Waals surface area contributed by atoms with E-state index in [0.717, 1.165) is 23.1 Å². The first-order chi connectivity index (χ1) is 17.0. The van der Waals surface area contributed by atoms with Crippen LogP contribution in [0, 0.1) is 11.2 Å². The lowest BCUT2D eigenvalue weighted by Crippen LogP contribution is -2.51. The van der Waals surface area contributed by atoms with E-state index in [1.807, 2.05) is 59.5 Å². The number of nitrogens with zero attached hydrogens (tertiary/aromatic N) is 1. The number of amides is 2. The highest BCUT2D eigenvalue weighted by Crippen LogP contribution is 2.36. The molecule has 5 heteroatoms. The summed E-state index contributed by atoms with van der Waals surface area (Å²) in [7, 11) is 0. The van der Waals surface area contributed by atoms with Gasteiger partial charge < -0.3 is 10.2 Å². The van der Waals surface area contributed by atoms with Gasteiger partial charge in [-0.05, 0) is 60.9 Å². The van der Waals surface area contributed by atoms with Crippen molar-refractivity contribution in [3.8, 4) is 0 Å². The Bertz CT molecular complexity index is 1110. The Morgan fingerprint density at radius 1 is 0.800 bits per heavy atom. The van der Waals surface area contributed by atoms with E-state index < -0.39 is 5.41 Å². The first-order valence-electron chi connectivity index (χ1n) is 12.4. The average Bonchev–Trinajstić information content (AvgIpc) is 2.89. The van der Waals surface area contributed by atoms with Gasteiger partial charge in [0.2, 0.25) is 11.8 Å². The average molecular weight is 473 g/mol. The van der Waals surface area contributed by atoms with Crippen LogP contribution in [0.4, 0.5) is 4.39 Å². The number of hydrogen-bond donors (Lipinski definition) is 1. The Morgan fingerprint density at radius 3 is 2.09 bits per heavy atom. The molecule has 0 atom stereocenters. The fraction of sp³-hybridized carbons (Fsp3) is 0.333. The number of aryl methyl sites for hydroxylation is 1. The normalized spacial score (nSPS) is 14.9. The van der Waals surface area contributed by atoms with E-state index in [1.165, 1.54) is 12.1 Å². The molecule has 0 aromatic heterocycles. The summed E-state index contributed by atoms with van der Waals surface area (Å²) in [5.41, 5.74) is 2.59. The van der Waals surface area contributed by atoms with Crippen LogP contribution in [0.5, 0.6) is 0 Å². The second-order valence-corrected chi connectivity index (χ2v) is 9.44. The molecule has 4 rings (SSSR count). The van der Waals surface area contributed by atoms with Crippen molar-refractivity contribution in [3.63, 3.8) is 0 Å².